The van der Waals surface area contributed by atoms with Crippen molar-refractivity contribution < 1.29 is 5.11 Å². The lowest BCUT2D eigenvalue weighted by Gasteiger charge is -2.36. The van der Waals surface area contributed by atoms with Gasteiger partial charge in [0.05, 0.1) is 6.61 Å². The number of aliphatic hydroxyl groups is 1. The zero-order chi connectivity index (χ0) is 15.2. The van der Waals surface area contributed by atoms with Gasteiger partial charge in [0.2, 0.25) is 0 Å². The summed E-state index contributed by atoms with van der Waals surface area (Å²) in [6.07, 6.45) is 4.77. The third kappa shape index (κ3) is 6.08. The fourth-order valence-electron chi connectivity index (χ4n) is 3.25. The van der Waals surface area contributed by atoms with Crippen molar-refractivity contribution in [3.8, 4) is 0 Å². The van der Waals surface area contributed by atoms with Gasteiger partial charge in [-0.25, -0.2) is 0 Å². The smallest absolute Gasteiger partial charge is 0.0610 e. The summed E-state index contributed by atoms with van der Waals surface area (Å²) in [6, 6.07) is 1.18. The second kappa shape index (κ2) is 8.32. The number of aliphatic hydroxyl groups excluding tert-OH is 1. The number of nitrogens with zero attached hydrogens (tertiary/aromatic N) is 2. The van der Waals surface area contributed by atoms with Crippen molar-refractivity contribution in [3.63, 3.8) is 0 Å². The molecule has 1 unspecified atom stereocenters. The highest BCUT2D eigenvalue weighted by Crippen LogP contribution is 2.17. The molecule has 0 aromatic rings. The van der Waals surface area contributed by atoms with E-state index in [-0.39, 0.29) is 12.1 Å². The van der Waals surface area contributed by atoms with E-state index in [1.165, 1.54) is 25.9 Å². The monoisotopic (exact) mass is 285 g/mol. The van der Waals surface area contributed by atoms with Crippen LogP contribution in [0.5, 0.6) is 0 Å². The summed E-state index contributed by atoms with van der Waals surface area (Å²) in [6.45, 7) is 10.2. The van der Waals surface area contributed by atoms with Gasteiger partial charge in [0.25, 0.3) is 0 Å². The number of hydrogen-bond acceptors (Lipinski definition) is 4. The Hall–Kier alpha value is -0.160. The van der Waals surface area contributed by atoms with Crippen LogP contribution in [0.1, 0.15) is 46.5 Å². The Morgan fingerprint density at radius 2 is 1.90 bits per heavy atom. The third-order valence-corrected chi connectivity index (χ3v) is 4.48. The topological polar surface area (TPSA) is 38.7 Å². The Labute approximate surface area is 125 Å². The van der Waals surface area contributed by atoms with Crippen LogP contribution in [-0.2, 0) is 0 Å². The Bertz CT molecular complexity index is 262. The Morgan fingerprint density at radius 1 is 1.30 bits per heavy atom. The predicted molar refractivity (Wildman–Crippen MR) is 86.1 cm³/mol. The second-order valence-electron chi connectivity index (χ2n) is 7.16. The minimum atomic E-state index is -0.129. The molecule has 0 bridgehead atoms. The molecule has 0 aromatic heterocycles. The summed E-state index contributed by atoms with van der Waals surface area (Å²) >= 11 is 0. The summed E-state index contributed by atoms with van der Waals surface area (Å²) in [5.41, 5.74) is -0.129. The van der Waals surface area contributed by atoms with E-state index < -0.39 is 0 Å². The molecule has 2 N–H and O–H groups in total. The maximum atomic E-state index is 9.59. The largest absolute Gasteiger partial charge is 0.394 e. The fraction of sp³-hybridized carbons (Fsp3) is 1.00. The van der Waals surface area contributed by atoms with Crippen LogP contribution in [0, 0.1) is 0 Å². The Morgan fingerprint density at radius 3 is 2.35 bits per heavy atom. The van der Waals surface area contributed by atoms with Gasteiger partial charge in [0.1, 0.15) is 0 Å². The van der Waals surface area contributed by atoms with Gasteiger partial charge in [0.15, 0.2) is 0 Å². The highest BCUT2D eigenvalue weighted by atomic mass is 16.3. The van der Waals surface area contributed by atoms with Crippen LogP contribution in [0.25, 0.3) is 0 Å². The molecule has 0 aromatic carbocycles. The average Bonchev–Trinajstić information content (AvgIpc) is 2.38. The van der Waals surface area contributed by atoms with Gasteiger partial charge in [-0.2, -0.15) is 0 Å². The normalized spacial score (nSPS) is 21.6. The summed E-state index contributed by atoms with van der Waals surface area (Å²) in [5, 5.41) is 13.1. The van der Waals surface area contributed by atoms with Crippen molar-refractivity contribution >= 4 is 0 Å². The molecule has 0 spiro atoms. The highest BCUT2D eigenvalue weighted by molar-refractivity contribution is 4.84. The maximum absolute atomic E-state index is 9.59. The molecule has 0 radical (unpaired) electrons. The SMILES string of the molecule is CC(C)NC(C)(CO)CCCN1CCC(N(C)C)CC1. The fourth-order valence-corrected chi connectivity index (χ4v) is 3.25. The second-order valence-corrected chi connectivity index (χ2v) is 7.16. The molecule has 1 fully saturated rings. The standard InChI is InChI=1S/C16H35N3O/c1-14(2)17-16(3,13-20)9-6-10-19-11-7-15(8-12-19)18(4)5/h14-15,17,20H,6-13H2,1-5H3. The molecule has 1 heterocycles. The number of nitrogens with one attached hydrogen (secondary N) is 1. The molecule has 1 saturated heterocycles. The molecule has 1 rings (SSSR count). The van der Waals surface area contributed by atoms with Crippen LogP contribution in [0.2, 0.25) is 0 Å². The molecule has 0 aliphatic carbocycles. The number of piperidine rings is 1. The van der Waals surface area contributed by atoms with Gasteiger partial charge in [0, 0.05) is 17.6 Å². The molecule has 1 aliphatic heterocycles. The average molecular weight is 285 g/mol. The van der Waals surface area contributed by atoms with E-state index in [2.05, 4.69) is 50.0 Å². The molecule has 0 amide bonds. The molecule has 0 saturated carbocycles. The number of likely N-dealkylation sites (tertiary alicyclic amines) is 1. The van der Waals surface area contributed by atoms with Crippen LogP contribution >= 0.6 is 0 Å². The zero-order valence-electron chi connectivity index (χ0n) is 14.2. The third-order valence-electron chi connectivity index (χ3n) is 4.48. The van der Waals surface area contributed by atoms with Crippen LogP contribution < -0.4 is 5.32 Å². The molecule has 120 valence electrons. The molecule has 4 heteroatoms. The summed E-state index contributed by atoms with van der Waals surface area (Å²) in [5.74, 6) is 0. The van der Waals surface area contributed by atoms with Gasteiger partial charge in [-0.3, -0.25) is 0 Å². The van der Waals surface area contributed by atoms with Crippen LogP contribution in [0.15, 0.2) is 0 Å². The van der Waals surface area contributed by atoms with E-state index in [4.69, 9.17) is 0 Å². The summed E-state index contributed by atoms with van der Waals surface area (Å²) in [4.78, 5) is 4.93. The Balaban J connectivity index is 2.24. The molecular formula is C16H35N3O. The van der Waals surface area contributed by atoms with Crippen molar-refractivity contribution in [2.45, 2.75) is 64.1 Å². The molecule has 20 heavy (non-hydrogen) atoms. The van der Waals surface area contributed by atoms with Crippen molar-refractivity contribution in [3.05, 3.63) is 0 Å². The highest BCUT2D eigenvalue weighted by Gasteiger charge is 2.25. The minimum Gasteiger partial charge on any atom is -0.394 e. The quantitative estimate of drug-likeness (QED) is 0.710. The van der Waals surface area contributed by atoms with Crippen molar-refractivity contribution in [2.75, 3.05) is 40.3 Å². The maximum Gasteiger partial charge on any atom is 0.0610 e. The van der Waals surface area contributed by atoms with Crippen LogP contribution in [0.3, 0.4) is 0 Å². The molecule has 1 atom stereocenters. The molecule has 1 aliphatic rings. The summed E-state index contributed by atoms with van der Waals surface area (Å²) in [7, 11) is 4.37. The van der Waals surface area contributed by atoms with Gasteiger partial charge in [-0.05, 0) is 66.3 Å². The first kappa shape index (κ1) is 17.9. The lowest BCUT2D eigenvalue weighted by Crippen LogP contribution is -2.49. The first-order chi connectivity index (χ1) is 9.36. The number of hydrogen-bond donors (Lipinski definition) is 2. The van der Waals surface area contributed by atoms with E-state index >= 15 is 0 Å². The van der Waals surface area contributed by atoms with Crippen molar-refractivity contribution in [2.24, 2.45) is 0 Å². The van der Waals surface area contributed by atoms with Crippen LogP contribution in [0.4, 0.5) is 0 Å². The first-order valence-electron chi connectivity index (χ1n) is 8.13. The van der Waals surface area contributed by atoms with Gasteiger partial charge < -0.3 is 20.2 Å². The van der Waals surface area contributed by atoms with E-state index in [1.807, 2.05) is 0 Å². The van der Waals surface area contributed by atoms with E-state index in [0.29, 0.717) is 6.04 Å². The van der Waals surface area contributed by atoms with Gasteiger partial charge >= 0.3 is 0 Å². The predicted octanol–water partition coefficient (Wildman–Crippen LogP) is 1.54. The molecule has 4 nitrogen and oxygen atoms in total. The van der Waals surface area contributed by atoms with E-state index in [0.717, 1.165) is 25.4 Å². The first-order valence-corrected chi connectivity index (χ1v) is 8.13. The van der Waals surface area contributed by atoms with Crippen LogP contribution in [-0.4, -0.2) is 72.9 Å². The zero-order valence-corrected chi connectivity index (χ0v) is 14.2. The Kier molecular flexibility index (Phi) is 7.45. The van der Waals surface area contributed by atoms with Crippen molar-refractivity contribution in [1.29, 1.82) is 0 Å². The number of rotatable bonds is 8. The van der Waals surface area contributed by atoms with E-state index in [1.54, 1.807) is 0 Å². The van der Waals surface area contributed by atoms with E-state index in [9.17, 15) is 5.11 Å². The molecular weight excluding hydrogens is 250 g/mol. The lowest BCUT2D eigenvalue weighted by atomic mass is 9.95. The lowest BCUT2D eigenvalue weighted by molar-refractivity contribution is 0.126. The van der Waals surface area contributed by atoms with Gasteiger partial charge in [-0.15, -0.1) is 0 Å². The van der Waals surface area contributed by atoms with Crippen molar-refractivity contribution in [1.82, 2.24) is 15.1 Å². The van der Waals surface area contributed by atoms with Gasteiger partial charge in [-0.1, -0.05) is 13.8 Å². The summed E-state index contributed by atoms with van der Waals surface area (Å²) < 4.78 is 0. The minimum absolute atomic E-state index is 0.129.